The Morgan fingerprint density at radius 3 is 2.64 bits per heavy atom. The van der Waals surface area contributed by atoms with Crippen LogP contribution in [0.25, 0.3) is 0 Å². The number of hydrogen-bond donors (Lipinski definition) is 3. The van der Waals surface area contributed by atoms with Gasteiger partial charge in [-0.3, -0.25) is 4.79 Å². The van der Waals surface area contributed by atoms with Gasteiger partial charge in [-0.15, -0.1) is 12.4 Å². The predicted molar refractivity (Wildman–Crippen MR) is 98.5 cm³/mol. The van der Waals surface area contributed by atoms with E-state index < -0.39 is 16.1 Å². The number of halogens is 1. The van der Waals surface area contributed by atoms with Crippen molar-refractivity contribution in [2.24, 2.45) is 5.92 Å². The van der Waals surface area contributed by atoms with Crippen molar-refractivity contribution in [2.75, 3.05) is 26.7 Å². The zero-order valence-electron chi connectivity index (χ0n) is 14.6. The van der Waals surface area contributed by atoms with Gasteiger partial charge < -0.3 is 15.7 Å². The highest BCUT2D eigenvalue weighted by atomic mass is 35.5. The number of aliphatic hydroxyl groups excluding tert-OH is 1. The highest BCUT2D eigenvalue weighted by molar-refractivity contribution is 7.89. The van der Waals surface area contributed by atoms with Gasteiger partial charge in [-0.2, -0.15) is 4.31 Å². The minimum absolute atomic E-state index is 0. The Hall–Kier alpha value is -1.19. The van der Waals surface area contributed by atoms with Gasteiger partial charge in [-0.05, 0) is 32.0 Å². The van der Waals surface area contributed by atoms with Crippen LogP contribution >= 0.6 is 12.4 Å². The molecule has 1 aromatic rings. The molecule has 7 nitrogen and oxygen atoms in total. The Kier molecular flexibility index (Phi) is 7.83. The summed E-state index contributed by atoms with van der Waals surface area (Å²) in [5, 5.41) is 15.5. The maximum absolute atomic E-state index is 12.5. The maximum Gasteiger partial charge on any atom is 0.251 e. The molecule has 1 aliphatic rings. The number of sulfonamides is 1. The first kappa shape index (κ1) is 21.9. The van der Waals surface area contributed by atoms with Crippen molar-refractivity contribution in [2.45, 2.75) is 30.9 Å². The molecule has 1 amide bonds. The molecule has 0 aliphatic carbocycles. The topological polar surface area (TPSA) is 98.7 Å². The molecule has 1 heterocycles. The molecule has 25 heavy (non-hydrogen) atoms. The Morgan fingerprint density at radius 2 is 2.08 bits per heavy atom. The maximum atomic E-state index is 12.5. The van der Waals surface area contributed by atoms with Gasteiger partial charge in [0.05, 0.1) is 11.0 Å². The van der Waals surface area contributed by atoms with E-state index in [1.54, 1.807) is 26.0 Å². The van der Waals surface area contributed by atoms with Gasteiger partial charge in [0.2, 0.25) is 10.0 Å². The minimum atomic E-state index is -3.63. The minimum Gasteiger partial charge on any atom is -0.391 e. The summed E-state index contributed by atoms with van der Waals surface area (Å²) in [7, 11) is -2.12. The van der Waals surface area contributed by atoms with Gasteiger partial charge >= 0.3 is 0 Å². The van der Waals surface area contributed by atoms with E-state index in [1.807, 2.05) is 0 Å². The van der Waals surface area contributed by atoms with Crippen LogP contribution in [0, 0.1) is 5.92 Å². The fourth-order valence-electron chi connectivity index (χ4n) is 2.49. The van der Waals surface area contributed by atoms with Crippen molar-refractivity contribution < 1.29 is 18.3 Å². The largest absolute Gasteiger partial charge is 0.391 e. The first-order valence-electron chi connectivity index (χ1n) is 7.98. The summed E-state index contributed by atoms with van der Waals surface area (Å²) in [6.07, 6.45) is -0.475. The molecule has 2 rings (SSSR count). The van der Waals surface area contributed by atoms with Gasteiger partial charge in [0.1, 0.15) is 0 Å². The molecule has 0 aromatic heterocycles. The zero-order valence-corrected chi connectivity index (χ0v) is 16.2. The summed E-state index contributed by atoms with van der Waals surface area (Å²) in [6.45, 7) is 5.09. The average molecular weight is 392 g/mol. The van der Waals surface area contributed by atoms with Crippen molar-refractivity contribution in [3.63, 3.8) is 0 Å². The molecule has 1 aromatic carbocycles. The van der Waals surface area contributed by atoms with Crippen LogP contribution in [0.5, 0.6) is 0 Å². The lowest BCUT2D eigenvalue weighted by molar-refractivity contribution is 0.0927. The van der Waals surface area contributed by atoms with Crippen molar-refractivity contribution in [1.29, 1.82) is 0 Å². The first-order chi connectivity index (χ1) is 11.2. The Bertz CT molecular complexity index is 696. The number of amides is 1. The summed E-state index contributed by atoms with van der Waals surface area (Å²) < 4.78 is 26.3. The van der Waals surface area contributed by atoms with E-state index in [0.29, 0.717) is 19.6 Å². The lowest BCUT2D eigenvalue weighted by Crippen LogP contribution is -2.35. The van der Waals surface area contributed by atoms with E-state index in [1.165, 1.54) is 23.5 Å². The quantitative estimate of drug-likeness (QED) is 0.653. The Balaban J connectivity index is 0.00000312. The van der Waals surface area contributed by atoms with Gasteiger partial charge in [-0.1, -0.05) is 6.07 Å². The Morgan fingerprint density at radius 1 is 1.40 bits per heavy atom. The molecule has 1 aliphatic heterocycles. The van der Waals surface area contributed by atoms with Crippen molar-refractivity contribution in [3.8, 4) is 0 Å². The zero-order chi connectivity index (χ0) is 17.9. The molecule has 0 radical (unpaired) electrons. The molecule has 0 spiro atoms. The molecule has 142 valence electrons. The molecule has 1 fully saturated rings. The van der Waals surface area contributed by atoms with Crippen molar-refractivity contribution in [3.05, 3.63) is 29.8 Å². The second-order valence-electron chi connectivity index (χ2n) is 6.34. The molecule has 1 saturated heterocycles. The third-order valence-electron chi connectivity index (χ3n) is 4.33. The van der Waals surface area contributed by atoms with E-state index in [-0.39, 0.29) is 40.7 Å². The smallest absolute Gasteiger partial charge is 0.251 e. The normalized spacial score (nSPS) is 20.6. The van der Waals surface area contributed by atoms with Crippen LogP contribution in [-0.2, 0) is 10.0 Å². The van der Waals surface area contributed by atoms with Gasteiger partial charge in [0.15, 0.2) is 0 Å². The molecule has 0 saturated carbocycles. The fourth-order valence-corrected chi connectivity index (χ4v) is 3.91. The predicted octanol–water partition coefficient (Wildman–Crippen LogP) is 0.447. The van der Waals surface area contributed by atoms with Crippen molar-refractivity contribution >= 4 is 28.3 Å². The SMILES string of the molecule is CC(C)N(C)S(=O)(=O)c1cccc(C(=O)NCC2CNCC2O)c1.Cl. The van der Waals surface area contributed by atoms with E-state index >= 15 is 0 Å². The van der Waals surface area contributed by atoms with Crippen LogP contribution < -0.4 is 10.6 Å². The highest BCUT2D eigenvalue weighted by Gasteiger charge is 2.26. The third-order valence-corrected chi connectivity index (χ3v) is 6.36. The van der Waals surface area contributed by atoms with Crippen LogP contribution in [0.15, 0.2) is 29.2 Å². The van der Waals surface area contributed by atoms with Crippen LogP contribution in [0.3, 0.4) is 0 Å². The lowest BCUT2D eigenvalue weighted by atomic mass is 10.1. The number of nitrogens with one attached hydrogen (secondary N) is 2. The number of rotatable bonds is 6. The fraction of sp³-hybridized carbons (Fsp3) is 0.562. The molecular formula is C16H26ClN3O4S. The van der Waals surface area contributed by atoms with Gasteiger partial charge in [0.25, 0.3) is 5.91 Å². The lowest BCUT2D eigenvalue weighted by Gasteiger charge is -2.21. The standard InChI is InChI=1S/C16H25N3O4S.ClH/c1-11(2)19(3)24(22,23)14-6-4-5-12(7-14)16(21)18-9-13-8-17-10-15(13)20;/h4-7,11,13,15,17,20H,8-10H2,1-3H3,(H,18,21);1H. The van der Waals surface area contributed by atoms with E-state index in [0.717, 1.165) is 0 Å². The molecule has 2 unspecified atom stereocenters. The average Bonchev–Trinajstić information content (AvgIpc) is 2.97. The van der Waals surface area contributed by atoms with Crippen LogP contribution in [0.1, 0.15) is 24.2 Å². The molecule has 0 bridgehead atoms. The summed E-state index contributed by atoms with van der Waals surface area (Å²) in [6, 6.07) is 5.82. The first-order valence-corrected chi connectivity index (χ1v) is 9.42. The van der Waals surface area contributed by atoms with Crippen LogP contribution in [0.2, 0.25) is 0 Å². The van der Waals surface area contributed by atoms with E-state index in [9.17, 15) is 18.3 Å². The number of carbonyl (C=O) groups is 1. The summed E-state index contributed by atoms with van der Waals surface area (Å²) in [4.78, 5) is 12.4. The van der Waals surface area contributed by atoms with E-state index in [4.69, 9.17) is 0 Å². The number of nitrogens with zero attached hydrogens (tertiary/aromatic N) is 1. The summed E-state index contributed by atoms with van der Waals surface area (Å²) >= 11 is 0. The monoisotopic (exact) mass is 391 g/mol. The van der Waals surface area contributed by atoms with E-state index in [2.05, 4.69) is 10.6 Å². The summed E-state index contributed by atoms with van der Waals surface area (Å²) in [5.41, 5.74) is 0.286. The molecular weight excluding hydrogens is 366 g/mol. The molecule has 2 atom stereocenters. The van der Waals surface area contributed by atoms with Gasteiger partial charge in [0, 0.05) is 44.2 Å². The number of aliphatic hydroxyl groups is 1. The van der Waals surface area contributed by atoms with Crippen LogP contribution in [0.4, 0.5) is 0 Å². The number of benzene rings is 1. The van der Waals surface area contributed by atoms with Crippen LogP contribution in [-0.4, -0.2) is 62.6 Å². The van der Waals surface area contributed by atoms with Gasteiger partial charge in [-0.25, -0.2) is 8.42 Å². The highest BCUT2D eigenvalue weighted by Crippen LogP contribution is 2.18. The van der Waals surface area contributed by atoms with Crippen molar-refractivity contribution in [1.82, 2.24) is 14.9 Å². The molecule has 3 N–H and O–H groups in total. The summed E-state index contributed by atoms with van der Waals surface area (Å²) in [5.74, 6) is -0.383. The third kappa shape index (κ3) is 5.15. The number of carbonyl (C=O) groups excluding carboxylic acids is 1. The number of hydrogen-bond acceptors (Lipinski definition) is 5. The molecule has 9 heteroatoms. The Labute approximate surface area is 155 Å². The number of β-amino-alcohol motifs (C(OH)–C–C–N with tert-alkyl or cyclic N) is 1. The second-order valence-corrected chi connectivity index (χ2v) is 8.34. The second kappa shape index (κ2) is 8.95.